The van der Waals surface area contributed by atoms with Crippen molar-refractivity contribution in [2.24, 2.45) is 11.8 Å². The quantitative estimate of drug-likeness (QED) is 0.606. The molecule has 0 saturated carbocycles. The van der Waals surface area contributed by atoms with Crippen LogP contribution in [0.15, 0.2) is 48.5 Å². The van der Waals surface area contributed by atoms with Gasteiger partial charge < -0.3 is 9.80 Å². The van der Waals surface area contributed by atoms with Crippen molar-refractivity contribution in [1.29, 1.82) is 0 Å². The minimum absolute atomic E-state index is 0.0325. The lowest BCUT2D eigenvalue weighted by atomic mass is 9.93. The van der Waals surface area contributed by atoms with E-state index in [4.69, 9.17) is 11.6 Å². The van der Waals surface area contributed by atoms with E-state index < -0.39 is 0 Å². The van der Waals surface area contributed by atoms with E-state index in [1.165, 1.54) is 32.4 Å². The Bertz CT molecular complexity index is 919. The highest BCUT2D eigenvalue weighted by Gasteiger charge is 2.29. The molecule has 2 aromatic carbocycles. The van der Waals surface area contributed by atoms with E-state index in [-0.39, 0.29) is 11.7 Å². The Kier molecular flexibility index (Phi) is 7.09. The molecular weight excluding hydrogens is 408 g/mol. The van der Waals surface area contributed by atoms with Crippen molar-refractivity contribution in [3.63, 3.8) is 0 Å². The monoisotopic (exact) mass is 438 g/mol. The summed E-state index contributed by atoms with van der Waals surface area (Å²) in [5.74, 6) is 1.16. The topological polar surface area (TPSA) is 40.6 Å². The number of carbonyl (C=O) groups is 2. The zero-order chi connectivity index (χ0) is 21.8. The molecule has 4 rings (SSSR count). The number of hydrogen-bond acceptors (Lipinski definition) is 3. The van der Waals surface area contributed by atoms with Crippen LogP contribution in [0.5, 0.6) is 0 Å². The molecule has 0 radical (unpaired) electrons. The van der Waals surface area contributed by atoms with E-state index in [2.05, 4.69) is 11.8 Å². The fourth-order valence-corrected chi connectivity index (χ4v) is 4.93. The van der Waals surface area contributed by atoms with Crippen molar-refractivity contribution < 1.29 is 9.59 Å². The normalized spacial score (nSPS) is 20.6. The highest BCUT2D eigenvalue weighted by atomic mass is 35.5. The summed E-state index contributed by atoms with van der Waals surface area (Å²) in [5, 5.41) is 0.587. The van der Waals surface area contributed by atoms with Gasteiger partial charge in [0.1, 0.15) is 0 Å². The molecular formula is C26H31ClN2O2. The van der Waals surface area contributed by atoms with Gasteiger partial charge in [-0.05, 0) is 80.9 Å². The number of hydrogen-bond donors (Lipinski definition) is 0. The molecule has 31 heavy (non-hydrogen) atoms. The first-order valence-electron chi connectivity index (χ1n) is 11.4. The number of ketones is 1. The first-order valence-corrected chi connectivity index (χ1v) is 11.8. The summed E-state index contributed by atoms with van der Waals surface area (Å²) in [4.78, 5) is 31.0. The third-order valence-electron chi connectivity index (χ3n) is 6.71. The Balaban J connectivity index is 1.46. The first-order chi connectivity index (χ1) is 15.0. The second-order valence-corrected chi connectivity index (χ2v) is 9.56. The number of benzene rings is 2. The van der Waals surface area contributed by atoms with Crippen LogP contribution < -0.4 is 0 Å². The van der Waals surface area contributed by atoms with Gasteiger partial charge in [0.25, 0.3) is 5.91 Å². The van der Waals surface area contributed by atoms with Crippen LogP contribution in [0.2, 0.25) is 5.02 Å². The van der Waals surface area contributed by atoms with Gasteiger partial charge in [-0.15, -0.1) is 0 Å². The fraction of sp³-hybridized carbons (Fsp3) is 0.462. The molecule has 4 nitrogen and oxygen atoms in total. The summed E-state index contributed by atoms with van der Waals surface area (Å²) < 4.78 is 0. The molecule has 0 aliphatic carbocycles. The smallest absolute Gasteiger partial charge is 0.254 e. The molecule has 1 atom stereocenters. The zero-order valence-electron chi connectivity index (χ0n) is 18.2. The Hall–Kier alpha value is -2.17. The van der Waals surface area contributed by atoms with Crippen molar-refractivity contribution in [3.8, 4) is 0 Å². The number of rotatable bonds is 5. The molecule has 0 N–H and O–H groups in total. The highest BCUT2D eigenvalue weighted by molar-refractivity contribution is 6.30. The molecule has 2 aliphatic rings. The Morgan fingerprint density at radius 1 is 0.935 bits per heavy atom. The van der Waals surface area contributed by atoms with Gasteiger partial charge in [0.05, 0.1) is 5.56 Å². The average Bonchev–Trinajstić information content (AvgIpc) is 2.80. The predicted octanol–water partition coefficient (Wildman–Crippen LogP) is 5.16. The molecule has 164 valence electrons. The summed E-state index contributed by atoms with van der Waals surface area (Å²) in [6, 6.07) is 14.0. The van der Waals surface area contributed by atoms with Crippen LogP contribution >= 0.6 is 11.6 Å². The van der Waals surface area contributed by atoms with Crippen LogP contribution in [-0.2, 0) is 0 Å². The predicted molar refractivity (Wildman–Crippen MR) is 125 cm³/mol. The van der Waals surface area contributed by atoms with E-state index in [1.54, 1.807) is 36.4 Å². The second kappa shape index (κ2) is 9.97. The highest BCUT2D eigenvalue weighted by Crippen LogP contribution is 2.24. The van der Waals surface area contributed by atoms with E-state index in [9.17, 15) is 9.59 Å². The fourth-order valence-electron chi connectivity index (χ4n) is 4.80. The Labute approximate surface area is 190 Å². The molecule has 0 aromatic heterocycles. The minimum Gasteiger partial charge on any atom is -0.338 e. The van der Waals surface area contributed by atoms with Crippen LogP contribution in [0.25, 0.3) is 0 Å². The van der Waals surface area contributed by atoms with Gasteiger partial charge in [0, 0.05) is 35.8 Å². The number of carbonyl (C=O) groups excluding carboxylic acids is 2. The summed E-state index contributed by atoms with van der Waals surface area (Å²) in [6.07, 6.45) is 4.74. The molecule has 5 heteroatoms. The Morgan fingerprint density at radius 2 is 1.61 bits per heavy atom. The van der Waals surface area contributed by atoms with Crippen LogP contribution in [0.3, 0.4) is 0 Å². The number of nitrogens with zero attached hydrogens (tertiary/aromatic N) is 2. The Morgan fingerprint density at radius 3 is 2.32 bits per heavy atom. The first kappa shape index (κ1) is 22.0. The van der Waals surface area contributed by atoms with Gasteiger partial charge in [-0.2, -0.15) is 0 Å². The van der Waals surface area contributed by atoms with Crippen LogP contribution in [0, 0.1) is 11.8 Å². The molecule has 1 amide bonds. The number of halogens is 1. The largest absolute Gasteiger partial charge is 0.338 e. The number of likely N-dealkylation sites (tertiary alicyclic amines) is 2. The zero-order valence-corrected chi connectivity index (χ0v) is 19.0. The van der Waals surface area contributed by atoms with Crippen molar-refractivity contribution in [1.82, 2.24) is 9.80 Å². The SMILES string of the molecule is CC1CCN(C[C@@H]2CCCN(C(=O)c3ccccc3C(=O)c3ccc(Cl)cc3)C2)CC1. The minimum atomic E-state index is -0.142. The maximum Gasteiger partial charge on any atom is 0.254 e. The lowest BCUT2D eigenvalue weighted by molar-refractivity contribution is 0.0619. The second-order valence-electron chi connectivity index (χ2n) is 9.12. The summed E-state index contributed by atoms with van der Waals surface area (Å²) in [6.45, 7) is 7.28. The number of amides is 1. The lowest BCUT2D eigenvalue weighted by Gasteiger charge is -2.38. The summed E-state index contributed by atoms with van der Waals surface area (Å²) in [5.41, 5.74) is 1.50. The van der Waals surface area contributed by atoms with Crippen molar-refractivity contribution in [2.45, 2.75) is 32.6 Å². The van der Waals surface area contributed by atoms with Gasteiger partial charge in [-0.1, -0.05) is 36.7 Å². The molecule has 2 heterocycles. The average molecular weight is 439 g/mol. The van der Waals surface area contributed by atoms with E-state index in [0.717, 1.165) is 32.0 Å². The van der Waals surface area contributed by atoms with Crippen LogP contribution in [0.1, 0.15) is 58.9 Å². The maximum absolute atomic E-state index is 13.4. The van der Waals surface area contributed by atoms with Gasteiger partial charge in [-0.3, -0.25) is 9.59 Å². The van der Waals surface area contributed by atoms with E-state index in [1.807, 2.05) is 17.0 Å². The standard InChI is InChI=1S/C26H31ClN2O2/c1-19-12-15-28(16-13-19)17-20-5-4-14-29(18-20)26(31)24-7-3-2-6-23(24)25(30)21-8-10-22(27)11-9-21/h2-3,6-11,19-20H,4-5,12-18H2,1H3/t20-/m0/s1. The van der Waals surface area contributed by atoms with E-state index in [0.29, 0.717) is 27.6 Å². The van der Waals surface area contributed by atoms with Crippen molar-refractivity contribution >= 4 is 23.3 Å². The molecule has 2 aliphatic heterocycles. The third kappa shape index (κ3) is 5.36. The van der Waals surface area contributed by atoms with Crippen molar-refractivity contribution in [2.75, 3.05) is 32.7 Å². The van der Waals surface area contributed by atoms with Crippen LogP contribution in [-0.4, -0.2) is 54.2 Å². The maximum atomic E-state index is 13.4. The van der Waals surface area contributed by atoms with Gasteiger partial charge in [0.2, 0.25) is 0 Å². The van der Waals surface area contributed by atoms with Gasteiger partial charge in [0.15, 0.2) is 5.78 Å². The molecule has 0 unspecified atom stereocenters. The molecule has 2 aromatic rings. The molecule has 2 saturated heterocycles. The number of piperidine rings is 2. The third-order valence-corrected chi connectivity index (χ3v) is 6.96. The van der Waals surface area contributed by atoms with Gasteiger partial charge in [-0.25, -0.2) is 0 Å². The summed E-state index contributed by atoms with van der Waals surface area (Å²) in [7, 11) is 0. The lowest BCUT2D eigenvalue weighted by Crippen LogP contribution is -2.45. The molecule has 0 bridgehead atoms. The van der Waals surface area contributed by atoms with Crippen molar-refractivity contribution in [3.05, 3.63) is 70.2 Å². The molecule has 0 spiro atoms. The van der Waals surface area contributed by atoms with Gasteiger partial charge >= 0.3 is 0 Å². The molecule has 2 fully saturated rings. The van der Waals surface area contributed by atoms with E-state index >= 15 is 0 Å². The van der Waals surface area contributed by atoms with Crippen LogP contribution in [0.4, 0.5) is 0 Å². The summed E-state index contributed by atoms with van der Waals surface area (Å²) >= 11 is 5.96.